The molecule has 3 rings (SSSR count). The topological polar surface area (TPSA) is 61.4 Å². The predicted octanol–water partition coefficient (Wildman–Crippen LogP) is 2.96. The molecule has 1 aliphatic rings. The molecule has 24 heavy (non-hydrogen) atoms. The molecule has 1 atom stereocenters. The van der Waals surface area contributed by atoms with Gasteiger partial charge in [0.1, 0.15) is 5.60 Å². The third-order valence-corrected chi connectivity index (χ3v) is 4.58. The molecule has 0 aromatic heterocycles. The number of aryl methyl sites for hydroxylation is 1. The highest BCUT2D eigenvalue weighted by Gasteiger charge is 2.33. The highest BCUT2D eigenvalue weighted by molar-refractivity contribution is 5.88. The monoisotopic (exact) mass is 324 g/mol. The maximum atomic E-state index is 11.0. The van der Waals surface area contributed by atoms with Gasteiger partial charge in [-0.3, -0.25) is 4.79 Å². The first-order valence-corrected chi connectivity index (χ1v) is 8.45. The molecule has 1 aliphatic carbocycles. The number of nitrogens with one attached hydrogen (secondary N) is 2. The minimum Gasteiger partial charge on any atom is -0.384 e. The summed E-state index contributed by atoms with van der Waals surface area (Å²) in [5.74, 6) is -0.0703. The summed E-state index contributed by atoms with van der Waals surface area (Å²) in [5.41, 5.74) is 3.45. The largest absolute Gasteiger partial charge is 0.384 e. The maximum absolute atomic E-state index is 11.0. The van der Waals surface area contributed by atoms with Crippen molar-refractivity contribution in [2.45, 2.75) is 38.3 Å². The molecule has 0 heterocycles. The van der Waals surface area contributed by atoms with Crippen molar-refractivity contribution < 1.29 is 9.90 Å². The van der Waals surface area contributed by atoms with E-state index in [2.05, 4.69) is 16.7 Å². The van der Waals surface area contributed by atoms with Crippen LogP contribution < -0.4 is 10.6 Å². The molecule has 0 spiro atoms. The van der Waals surface area contributed by atoms with Gasteiger partial charge in [-0.25, -0.2) is 0 Å². The third-order valence-electron chi connectivity index (χ3n) is 4.58. The van der Waals surface area contributed by atoms with Crippen LogP contribution in [0.15, 0.2) is 48.5 Å². The van der Waals surface area contributed by atoms with Crippen LogP contribution in [0.1, 0.15) is 36.5 Å². The second kappa shape index (κ2) is 7.16. The molecule has 0 fully saturated rings. The maximum Gasteiger partial charge on any atom is 0.221 e. The van der Waals surface area contributed by atoms with Crippen molar-refractivity contribution in [3.05, 3.63) is 65.2 Å². The van der Waals surface area contributed by atoms with Gasteiger partial charge in [0.2, 0.25) is 5.91 Å². The molecule has 2 aromatic carbocycles. The van der Waals surface area contributed by atoms with E-state index in [0.29, 0.717) is 13.1 Å². The van der Waals surface area contributed by atoms with Crippen molar-refractivity contribution >= 4 is 11.6 Å². The molecule has 4 nitrogen and oxygen atoms in total. The van der Waals surface area contributed by atoms with Gasteiger partial charge in [0.25, 0.3) is 0 Å². The molecule has 126 valence electrons. The van der Waals surface area contributed by atoms with Gasteiger partial charge >= 0.3 is 0 Å². The highest BCUT2D eigenvalue weighted by Crippen LogP contribution is 2.34. The normalized spacial score (nSPS) is 19.6. The van der Waals surface area contributed by atoms with E-state index in [9.17, 15) is 9.90 Å². The van der Waals surface area contributed by atoms with E-state index in [-0.39, 0.29) is 5.91 Å². The van der Waals surface area contributed by atoms with Gasteiger partial charge in [-0.2, -0.15) is 0 Å². The Morgan fingerprint density at radius 1 is 1.17 bits per heavy atom. The van der Waals surface area contributed by atoms with Gasteiger partial charge < -0.3 is 15.7 Å². The Morgan fingerprint density at radius 2 is 1.92 bits per heavy atom. The van der Waals surface area contributed by atoms with E-state index < -0.39 is 5.60 Å². The Morgan fingerprint density at radius 3 is 2.67 bits per heavy atom. The fraction of sp³-hybridized carbons (Fsp3) is 0.350. The summed E-state index contributed by atoms with van der Waals surface area (Å²) in [5, 5.41) is 17.2. The fourth-order valence-corrected chi connectivity index (χ4v) is 3.40. The van der Waals surface area contributed by atoms with Crippen molar-refractivity contribution in [3.8, 4) is 0 Å². The molecule has 0 saturated carbocycles. The van der Waals surface area contributed by atoms with Crippen LogP contribution in [0.25, 0.3) is 0 Å². The molecule has 0 bridgehead atoms. The lowest BCUT2D eigenvalue weighted by Gasteiger charge is -2.34. The van der Waals surface area contributed by atoms with Gasteiger partial charge in [0.05, 0.1) is 0 Å². The first-order valence-electron chi connectivity index (χ1n) is 8.45. The van der Waals surface area contributed by atoms with E-state index in [1.807, 2.05) is 42.5 Å². The Labute approximate surface area is 142 Å². The number of aliphatic hydroxyl groups is 1. The zero-order valence-corrected chi connectivity index (χ0v) is 14.0. The van der Waals surface area contributed by atoms with Crippen molar-refractivity contribution in [2.24, 2.45) is 0 Å². The summed E-state index contributed by atoms with van der Waals surface area (Å²) in [6.45, 7) is 2.72. The number of hydrogen-bond acceptors (Lipinski definition) is 3. The Hall–Kier alpha value is -2.17. The second-order valence-corrected chi connectivity index (χ2v) is 6.52. The smallest absolute Gasteiger partial charge is 0.221 e. The SMILES string of the molecule is CC(=O)Nc1ccc(CNCC2(O)CCCc3ccccc32)cc1. The van der Waals surface area contributed by atoms with E-state index in [0.717, 1.165) is 36.1 Å². The van der Waals surface area contributed by atoms with Gasteiger partial charge in [-0.05, 0) is 48.1 Å². The lowest BCUT2D eigenvalue weighted by molar-refractivity contribution is -0.114. The summed E-state index contributed by atoms with van der Waals surface area (Å²) >= 11 is 0. The fourth-order valence-electron chi connectivity index (χ4n) is 3.40. The van der Waals surface area contributed by atoms with Crippen LogP contribution in [-0.2, 0) is 23.4 Å². The second-order valence-electron chi connectivity index (χ2n) is 6.52. The number of anilines is 1. The Kier molecular flexibility index (Phi) is 4.97. The lowest BCUT2D eigenvalue weighted by atomic mass is 9.79. The lowest BCUT2D eigenvalue weighted by Crippen LogP contribution is -2.40. The summed E-state index contributed by atoms with van der Waals surface area (Å²) < 4.78 is 0. The Bertz CT molecular complexity index is 712. The molecule has 0 saturated heterocycles. The van der Waals surface area contributed by atoms with Crippen LogP contribution in [-0.4, -0.2) is 17.6 Å². The predicted molar refractivity (Wildman–Crippen MR) is 95.7 cm³/mol. The third kappa shape index (κ3) is 3.83. The van der Waals surface area contributed by atoms with Crippen molar-refractivity contribution in [1.82, 2.24) is 5.32 Å². The van der Waals surface area contributed by atoms with Crippen LogP contribution in [0, 0.1) is 0 Å². The van der Waals surface area contributed by atoms with E-state index in [4.69, 9.17) is 0 Å². The summed E-state index contributed by atoms with van der Waals surface area (Å²) in [7, 11) is 0. The van der Waals surface area contributed by atoms with E-state index in [1.165, 1.54) is 12.5 Å². The summed E-state index contributed by atoms with van der Waals surface area (Å²) in [6, 6.07) is 15.9. The highest BCUT2D eigenvalue weighted by atomic mass is 16.3. The van der Waals surface area contributed by atoms with Crippen LogP contribution in [0.4, 0.5) is 5.69 Å². The summed E-state index contributed by atoms with van der Waals surface area (Å²) in [6.07, 6.45) is 2.85. The quantitative estimate of drug-likeness (QED) is 0.792. The molecule has 3 N–H and O–H groups in total. The minimum absolute atomic E-state index is 0.0703. The number of benzene rings is 2. The standard InChI is InChI=1S/C20H24N2O2/c1-15(23)22-18-10-8-16(9-11-18)13-21-14-20(24)12-4-6-17-5-2-3-7-19(17)20/h2-3,5,7-11,21,24H,4,6,12-14H2,1H3,(H,22,23). The van der Waals surface area contributed by atoms with Crippen molar-refractivity contribution in [2.75, 3.05) is 11.9 Å². The molecule has 0 radical (unpaired) electrons. The summed E-state index contributed by atoms with van der Waals surface area (Å²) in [4.78, 5) is 11.0. The first kappa shape index (κ1) is 16.7. The van der Waals surface area contributed by atoms with Crippen LogP contribution in [0.3, 0.4) is 0 Å². The number of rotatable bonds is 5. The van der Waals surface area contributed by atoms with E-state index in [1.54, 1.807) is 0 Å². The number of carbonyl (C=O) groups excluding carboxylic acids is 1. The molecule has 0 aliphatic heterocycles. The average Bonchev–Trinajstić information content (AvgIpc) is 2.56. The number of carbonyl (C=O) groups is 1. The minimum atomic E-state index is -0.787. The molecular formula is C20H24N2O2. The van der Waals surface area contributed by atoms with Crippen molar-refractivity contribution in [3.63, 3.8) is 0 Å². The molecule has 4 heteroatoms. The van der Waals surface area contributed by atoms with Gasteiger partial charge in [0.15, 0.2) is 0 Å². The van der Waals surface area contributed by atoms with Crippen molar-refractivity contribution in [1.29, 1.82) is 0 Å². The van der Waals surface area contributed by atoms with Gasteiger partial charge in [-0.1, -0.05) is 36.4 Å². The van der Waals surface area contributed by atoms with Crippen LogP contribution >= 0.6 is 0 Å². The van der Waals surface area contributed by atoms with E-state index >= 15 is 0 Å². The van der Waals surface area contributed by atoms with Gasteiger partial charge in [0, 0.05) is 25.7 Å². The average molecular weight is 324 g/mol. The number of amides is 1. The molecular weight excluding hydrogens is 300 g/mol. The van der Waals surface area contributed by atoms with Crippen LogP contribution in [0.2, 0.25) is 0 Å². The molecule has 1 unspecified atom stereocenters. The van der Waals surface area contributed by atoms with Gasteiger partial charge in [-0.15, -0.1) is 0 Å². The van der Waals surface area contributed by atoms with Crippen LogP contribution in [0.5, 0.6) is 0 Å². The number of hydrogen-bond donors (Lipinski definition) is 3. The molecule has 2 aromatic rings. The zero-order chi connectivity index (χ0) is 17.0. The number of fused-ring (bicyclic) bond motifs is 1. The first-order chi connectivity index (χ1) is 11.6. The zero-order valence-electron chi connectivity index (χ0n) is 14.0. The Balaban J connectivity index is 1.59. The molecule has 1 amide bonds.